The highest BCUT2D eigenvalue weighted by molar-refractivity contribution is 5.77. The van der Waals surface area contributed by atoms with Crippen LogP contribution in [0.4, 0.5) is 0 Å². The molecule has 0 saturated carbocycles. The van der Waals surface area contributed by atoms with Gasteiger partial charge in [-0.3, -0.25) is 4.79 Å². The van der Waals surface area contributed by atoms with Crippen LogP contribution in [-0.4, -0.2) is 32.8 Å². The number of hydrogen-bond donors (Lipinski definition) is 1. The summed E-state index contributed by atoms with van der Waals surface area (Å²) in [5.41, 5.74) is 2.31. The number of methoxy groups -OCH3 is 1. The van der Waals surface area contributed by atoms with E-state index in [0.29, 0.717) is 24.7 Å². The summed E-state index contributed by atoms with van der Waals surface area (Å²) in [6.07, 6.45) is 0. The van der Waals surface area contributed by atoms with Crippen LogP contribution in [0.25, 0.3) is 0 Å². The smallest absolute Gasteiger partial charge is 0.258 e. The minimum Gasteiger partial charge on any atom is -0.497 e. The molecule has 2 aromatic carbocycles. The van der Waals surface area contributed by atoms with E-state index in [1.165, 1.54) is 0 Å². The van der Waals surface area contributed by atoms with E-state index < -0.39 is 0 Å². The predicted octanol–water partition coefficient (Wildman–Crippen LogP) is 2.89. The third-order valence-electron chi connectivity index (χ3n) is 3.30. The number of ether oxygens (including phenoxy) is 3. The van der Waals surface area contributed by atoms with Gasteiger partial charge in [0.15, 0.2) is 6.61 Å². The number of benzene rings is 2. The van der Waals surface area contributed by atoms with Crippen LogP contribution in [0.1, 0.15) is 11.1 Å². The fourth-order valence-electron chi connectivity index (χ4n) is 2.27. The SMILES string of the molecule is COc1cccc(OCC(=O)NCCOc2cc(C)cc(C)c2)c1. The van der Waals surface area contributed by atoms with Gasteiger partial charge in [-0.1, -0.05) is 12.1 Å². The summed E-state index contributed by atoms with van der Waals surface area (Å²) in [7, 11) is 1.58. The van der Waals surface area contributed by atoms with E-state index in [9.17, 15) is 4.79 Å². The van der Waals surface area contributed by atoms with Crippen molar-refractivity contribution in [3.8, 4) is 17.2 Å². The topological polar surface area (TPSA) is 56.8 Å². The Balaban J connectivity index is 1.67. The van der Waals surface area contributed by atoms with Crippen molar-refractivity contribution in [3.05, 3.63) is 53.6 Å². The minimum absolute atomic E-state index is 0.0449. The second kappa shape index (κ2) is 8.82. The third kappa shape index (κ3) is 5.83. The summed E-state index contributed by atoms with van der Waals surface area (Å²) in [5, 5.41) is 2.76. The Labute approximate surface area is 142 Å². The van der Waals surface area contributed by atoms with E-state index in [1.807, 2.05) is 38.1 Å². The van der Waals surface area contributed by atoms with Gasteiger partial charge in [-0.2, -0.15) is 0 Å². The van der Waals surface area contributed by atoms with Crippen LogP contribution in [-0.2, 0) is 4.79 Å². The molecule has 1 N–H and O–H groups in total. The monoisotopic (exact) mass is 329 g/mol. The predicted molar refractivity (Wildman–Crippen MR) is 92.9 cm³/mol. The fraction of sp³-hybridized carbons (Fsp3) is 0.316. The zero-order valence-electron chi connectivity index (χ0n) is 14.3. The van der Waals surface area contributed by atoms with Crippen LogP contribution in [0.15, 0.2) is 42.5 Å². The molecule has 0 aliphatic carbocycles. The molecule has 0 radical (unpaired) electrons. The maximum absolute atomic E-state index is 11.8. The van der Waals surface area contributed by atoms with Gasteiger partial charge in [0.1, 0.15) is 23.9 Å². The zero-order valence-corrected chi connectivity index (χ0v) is 14.3. The lowest BCUT2D eigenvalue weighted by Crippen LogP contribution is -2.32. The number of nitrogens with one attached hydrogen (secondary N) is 1. The maximum atomic E-state index is 11.8. The average Bonchev–Trinajstić information content (AvgIpc) is 2.56. The molecule has 0 saturated heterocycles. The Morgan fingerprint density at radius 3 is 2.38 bits per heavy atom. The molecule has 1 amide bonds. The van der Waals surface area contributed by atoms with Crippen LogP contribution < -0.4 is 19.5 Å². The zero-order chi connectivity index (χ0) is 17.4. The molecule has 2 aromatic rings. The first kappa shape index (κ1) is 17.7. The molecular weight excluding hydrogens is 306 g/mol. The van der Waals surface area contributed by atoms with Crippen LogP contribution in [0.2, 0.25) is 0 Å². The molecular formula is C19H23NO4. The number of aryl methyl sites for hydroxylation is 2. The van der Waals surface area contributed by atoms with Crippen molar-refractivity contribution in [1.29, 1.82) is 0 Å². The number of carbonyl (C=O) groups is 1. The van der Waals surface area contributed by atoms with Crippen molar-refractivity contribution in [2.75, 3.05) is 26.9 Å². The van der Waals surface area contributed by atoms with Crippen molar-refractivity contribution < 1.29 is 19.0 Å². The van der Waals surface area contributed by atoms with Crippen molar-refractivity contribution >= 4 is 5.91 Å². The van der Waals surface area contributed by atoms with E-state index in [2.05, 4.69) is 11.4 Å². The van der Waals surface area contributed by atoms with Gasteiger partial charge in [0.05, 0.1) is 13.7 Å². The quantitative estimate of drug-likeness (QED) is 0.757. The van der Waals surface area contributed by atoms with E-state index in [1.54, 1.807) is 19.2 Å². The summed E-state index contributed by atoms with van der Waals surface area (Å²) in [6.45, 7) is 4.84. The van der Waals surface area contributed by atoms with Crippen molar-refractivity contribution in [2.24, 2.45) is 0 Å². The van der Waals surface area contributed by atoms with Crippen molar-refractivity contribution in [2.45, 2.75) is 13.8 Å². The molecule has 0 aromatic heterocycles. The molecule has 24 heavy (non-hydrogen) atoms. The Morgan fingerprint density at radius 2 is 1.67 bits per heavy atom. The number of carbonyl (C=O) groups excluding carboxylic acids is 1. The number of rotatable bonds is 8. The molecule has 0 fully saturated rings. The van der Waals surface area contributed by atoms with Crippen molar-refractivity contribution in [1.82, 2.24) is 5.32 Å². The summed E-state index contributed by atoms with van der Waals surface area (Å²) < 4.78 is 16.2. The van der Waals surface area contributed by atoms with Crippen LogP contribution in [0.5, 0.6) is 17.2 Å². The second-order valence-corrected chi connectivity index (χ2v) is 5.49. The Kier molecular flexibility index (Phi) is 6.49. The highest BCUT2D eigenvalue weighted by atomic mass is 16.5. The van der Waals surface area contributed by atoms with Gasteiger partial charge in [-0.05, 0) is 49.2 Å². The maximum Gasteiger partial charge on any atom is 0.258 e. The summed E-state index contributed by atoms with van der Waals surface area (Å²) >= 11 is 0. The van der Waals surface area contributed by atoms with Gasteiger partial charge in [0.2, 0.25) is 0 Å². The average molecular weight is 329 g/mol. The highest BCUT2D eigenvalue weighted by Crippen LogP contribution is 2.18. The van der Waals surface area contributed by atoms with Gasteiger partial charge in [-0.15, -0.1) is 0 Å². The normalized spacial score (nSPS) is 10.1. The first-order valence-electron chi connectivity index (χ1n) is 7.81. The first-order chi connectivity index (χ1) is 11.6. The first-order valence-corrected chi connectivity index (χ1v) is 7.81. The molecule has 128 valence electrons. The number of amides is 1. The number of hydrogen-bond acceptors (Lipinski definition) is 4. The van der Waals surface area contributed by atoms with Gasteiger partial charge in [0, 0.05) is 6.07 Å². The Bertz CT molecular complexity index is 665. The molecule has 0 aliphatic rings. The summed E-state index contributed by atoms with van der Waals surface area (Å²) in [6, 6.07) is 13.2. The molecule has 0 spiro atoms. The van der Waals surface area contributed by atoms with E-state index in [-0.39, 0.29) is 12.5 Å². The van der Waals surface area contributed by atoms with Crippen LogP contribution in [0.3, 0.4) is 0 Å². The van der Waals surface area contributed by atoms with Gasteiger partial charge >= 0.3 is 0 Å². The van der Waals surface area contributed by atoms with E-state index in [0.717, 1.165) is 16.9 Å². The van der Waals surface area contributed by atoms with Crippen molar-refractivity contribution in [3.63, 3.8) is 0 Å². The lowest BCUT2D eigenvalue weighted by atomic mass is 10.1. The lowest BCUT2D eigenvalue weighted by molar-refractivity contribution is -0.123. The van der Waals surface area contributed by atoms with Crippen LogP contribution in [0, 0.1) is 13.8 Å². The summed E-state index contributed by atoms with van der Waals surface area (Å²) in [4.78, 5) is 11.8. The molecule has 5 heteroatoms. The van der Waals surface area contributed by atoms with Gasteiger partial charge in [0.25, 0.3) is 5.91 Å². The highest BCUT2D eigenvalue weighted by Gasteiger charge is 2.04. The van der Waals surface area contributed by atoms with Gasteiger partial charge < -0.3 is 19.5 Å². The third-order valence-corrected chi connectivity index (χ3v) is 3.30. The molecule has 0 unspecified atom stereocenters. The van der Waals surface area contributed by atoms with E-state index >= 15 is 0 Å². The molecule has 0 bridgehead atoms. The molecule has 0 aliphatic heterocycles. The second-order valence-electron chi connectivity index (χ2n) is 5.49. The fourth-order valence-corrected chi connectivity index (χ4v) is 2.27. The molecule has 0 heterocycles. The minimum atomic E-state index is -0.193. The largest absolute Gasteiger partial charge is 0.497 e. The molecule has 0 atom stereocenters. The van der Waals surface area contributed by atoms with Gasteiger partial charge in [-0.25, -0.2) is 0 Å². The van der Waals surface area contributed by atoms with Crippen LogP contribution >= 0.6 is 0 Å². The Hall–Kier alpha value is -2.69. The Morgan fingerprint density at radius 1 is 0.958 bits per heavy atom. The standard InChI is InChI=1S/C19H23NO4/c1-14-9-15(2)11-18(10-14)23-8-7-20-19(21)13-24-17-6-4-5-16(12-17)22-3/h4-6,9-12H,7-8,13H2,1-3H3,(H,20,21). The molecule has 5 nitrogen and oxygen atoms in total. The molecule has 2 rings (SSSR count). The van der Waals surface area contributed by atoms with E-state index in [4.69, 9.17) is 14.2 Å². The summed E-state index contributed by atoms with van der Waals surface area (Å²) in [5.74, 6) is 1.90. The lowest BCUT2D eigenvalue weighted by Gasteiger charge is -2.10.